The van der Waals surface area contributed by atoms with Crippen LogP contribution in [0.2, 0.25) is 10.0 Å². The minimum atomic E-state index is -0.285. The van der Waals surface area contributed by atoms with Gasteiger partial charge in [-0.25, -0.2) is 0 Å². The fraction of sp³-hybridized carbons (Fsp3) is 0.130. The lowest BCUT2D eigenvalue weighted by Gasteiger charge is -2.13. The maximum atomic E-state index is 12.6. The molecule has 3 aromatic rings. The van der Waals surface area contributed by atoms with Crippen LogP contribution in [0.25, 0.3) is 16.8 Å². The van der Waals surface area contributed by atoms with Crippen LogP contribution in [-0.2, 0) is 11.4 Å². The van der Waals surface area contributed by atoms with Gasteiger partial charge >= 0.3 is 0 Å². The van der Waals surface area contributed by atoms with E-state index in [2.05, 4.69) is 0 Å². The van der Waals surface area contributed by atoms with Crippen molar-refractivity contribution in [3.05, 3.63) is 80.7 Å². The van der Waals surface area contributed by atoms with Crippen LogP contribution in [0.3, 0.4) is 0 Å². The van der Waals surface area contributed by atoms with E-state index in [0.29, 0.717) is 27.2 Å². The third-order valence-electron chi connectivity index (χ3n) is 4.79. The maximum Gasteiger partial charge on any atom is 0.293 e. The normalized spacial score (nSPS) is 15.4. The summed E-state index contributed by atoms with van der Waals surface area (Å²) in [7, 11) is 0. The quantitative estimate of drug-likeness (QED) is 0.396. The molecule has 0 aromatic heterocycles. The Balaban J connectivity index is 1.74. The second-order valence-corrected chi connectivity index (χ2v) is 8.49. The Hall–Kier alpha value is -2.47. The molecule has 0 atom stereocenters. The van der Waals surface area contributed by atoms with Crippen molar-refractivity contribution in [2.24, 2.45) is 0 Å². The van der Waals surface area contributed by atoms with E-state index >= 15 is 0 Å². The number of amides is 2. The molecule has 1 saturated heterocycles. The number of imide groups is 1. The van der Waals surface area contributed by atoms with Crippen LogP contribution in [0.5, 0.6) is 5.75 Å². The number of thioether (sulfide) groups is 1. The second kappa shape index (κ2) is 8.72. The van der Waals surface area contributed by atoms with Crippen LogP contribution in [-0.4, -0.2) is 22.6 Å². The molecule has 1 heterocycles. The lowest BCUT2D eigenvalue weighted by Crippen LogP contribution is -2.27. The molecule has 2 amide bonds. The third-order valence-corrected chi connectivity index (χ3v) is 6.29. The van der Waals surface area contributed by atoms with Gasteiger partial charge in [-0.05, 0) is 53.7 Å². The lowest BCUT2D eigenvalue weighted by atomic mass is 10.0. The zero-order valence-electron chi connectivity index (χ0n) is 16.0. The molecule has 4 nitrogen and oxygen atoms in total. The van der Waals surface area contributed by atoms with Gasteiger partial charge in [0.15, 0.2) is 0 Å². The molecule has 152 valence electrons. The summed E-state index contributed by atoms with van der Waals surface area (Å²) in [5, 5.41) is 2.76. The molecule has 1 fully saturated rings. The average Bonchev–Trinajstić information content (AvgIpc) is 3.00. The number of halogens is 2. The molecule has 30 heavy (non-hydrogen) atoms. The number of carbonyl (C=O) groups is 2. The minimum absolute atomic E-state index is 0.242. The number of rotatable bonds is 5. The van der Waals surface area contributed by atoms with E-state index < -0.39 is 0 Å². The van der Waals surface area contributed by atoms with Crippen molar-refractivity contribution >= 4 is 63.0 Å². The Morgan fingerprint density at radius 1 is 1.07 bits per heavy atom. The topological polar surface area (TPSA) is 46.6 Å². The fourth-order valence-electron chi connectivity index (χ4n) is 3.25. The number of hydrogen-bond donors (Lipinski definition) is 0. The van der Waals surface area contributed by atoms with Gasteiger partial charge in [0, 0.05) is 27.7 Å². The number of carbonyl (C=O) groups excluding carboxylic acids is 2. The van der Waals surface area contributed by atoms with E-state index in [1.807, 2.05) is 42.5 Å². The standard InChI is InChI=1S/C23H17Cl2NO3S/c1-2-26-22(27)21(30-23(26)28)12-18-17-6-4-3-5-14(17)8-10-20(18)29-13-15-7-9-16(24)11-19(15)25/h3-12H,2,13H2,1H3/b21-12+. The van der Waals surface area contributed by atoms with E-state index in [-0.39, 0.29) is 17.8 Å². The van der Waals surface area contributed by atoms with Crippen molar-refractivity contribution < 1.29 is 14.3 Å². The summed E-state index contributed by atoms with van der Waals surface area (Å²) in [6.07, 6.45) is 1.74. The second-order valence-electron chi connectivity index (χ2n) is 6.65. The summed E-state index contributed by atoms with van der Waals surface area (Å²) in [5.74, 6) is 0.315. The molecule has 7 heteroatoms. The SMILES string of the molecule is CCN1C(=O)S/C(=C/c2c(OCc3ccc(Cl)cc3Cl)ccc3ccccc23)C1=O. The van der Waals surface area contributed by atoms with Crippen molar-refractivity contribution in [3.63, 3.8) is 0 Å². The van der Waals surface area contributed by atoms with Gasteiger partial charge in [0.2, 0.25) is 0 Å². The van der Waals surface area contributed by atoms with Crippen LogP contribution in [0.15, 0.2) is 59.5 Å². The molecule has 0 radical (unpaired) electrons. The highest BCUT2D eigenvalue weighted by atomic mass is 35.5. The smallest absolute Gasteiger partial charge is 0.293 e. The predicted octanol–water partition coefficient (Wildman–Crippen LogP) is 6.78. The predicted molar refractivity (Wildman–Crippen MR) is 123 cm³/mol. The van der Waals surface area contributed by atoms with Crippen LogP contribution in [0.1, 0.15) is 18.1 Å². The highest BCUT2D eigenvalue weighted by molar-refractivity contribution is 8.18. The van der Waals surface area contributed by atoms with Gasteiger partial charge < -0.3 is 4.74 Å². The summed E-state index contributed by atoms with van der Waals surface area (Å²) >= 11 is 13.2. The highest BCUT2D eigenvalue weighted by Gasteiger charge is 2.34. The van der Waals surface area contributed by atoms with Crippen LogP contribution >= 0.6 is 35.0 Å². The van der Waals surface area contributed by atoms with Gasteiger partial charge in [-0.2, -0.15) is 0 Å². The van der Waals surface area contributed by atoms with Gasteiger partial charge in [0.1, 0.15) is 12.4 Å². The molecule has 4 rings (SSSR count). The minimum Gasteiger partial charge on any atom is -0.488 e. The van der Waals surface area contributed by atoms with Crippen molar-refractivity contribution in [1.82, 2.24) is 4.90 Å². The van der Waals surface area contributed by atoms with Crippen molar-refractivity contribution in [2.75, 3.05) is 6.54 Å². The third kappa shape index (κ3) is 4.06. The number of fused-ring (bicyclic) bond motifs is 1. The summed E-state index contributed by atoms with van der Waals surface area (Å²) < 4.78 is 6.09. The van der Waals surface area contributed by atoms with Crippen LogP contribution < -0.4 is 4.74 Å². The summed E-state index contributed by atoms with van der Waals surface area (Å²) in [4.78, 5) is 26.3. The molecule has 0 spiro atoms. The first-order valence-electron chi connectivity index (χ1n) is 9.31. The molecule has 0 N–H and O–H groups in total. The Labute approximate surface area is 188 Å². The van der Waals surface area contributed by atoms with Crippen molar-refractivity contribution in [3.8, 4) is 5.75 Å². The van der Waals surface area contributed by atoms with Gasteiger partial charge in [-0.3, -0.25) is 14.5 Å². The molecular weight excluding hydrogens is 441 g/mol. The average molecular weight is 458 g/mol. The molecule has 0 unspecified atom stereocenters. The van der Waals surface area contributed by atoms with Gasteiger partial charge in [-0.1, -0.05) is 59.6 Å². The van der Waals surface area contributed by atoms with Crippen molar-refractivity contribution in [2.45, 2.75) is 13.5 Å². The first-order valence-corrected chi connectivity index (χ1v) is 10.9. The zero-order chi connectivity index (χ0) is 21.3. The van der Waals surface area contributed by atoms with Crippen molar-refractivity contribution in [1.29, 1.82) is 0 Å². The Bertz CT molecular complexity index is 1190. The van der Waals surface area contributed by atoms with Gasteiger partial charge in [0.25, 0.3) is 11.1 Å². The summed E-state index contributed by atoms with van der Waals surface area (Å²) in [6.45, 7) is 2.36. The number of hydrogen-bond acceptors (Lipinski definition) is 4. The van der Waals surface area contributed by atoms with Crippen LogP contribution in [0, 0.1) is 0 Å². The zero-order valence-corrected chi connectivity index (χ0v) is 18.4. The number of ether oxygens (including phenoxy) is 1. The molecule has 1 aliphatic heterocycles. The molecule has 0 bridgehead atoms. The number of nitrogens with zero attached hydrogens (tertiary/aromatic N) is 1. The molecule has 3 aromatic carbocycles. The summed E-state index contributed by atoms with van der Waals surface area (Å²) in [6, 6.07) is 16.9. The highest BCUT2D eigenvalue weighted by Crippen LogP contribution is 2.37. The van der Waals surface area contributed by atoms with E-state index in [1.165, 1.54) is 4.90 Å². The first-order chi connectivity index (χ1) is 14.5. The number of likely N-dealkylation sites (N-methyl/N-ethyl adjacent to an activating group) is 1. The van der Waals surface area contributed by atoms with Gasteiger partial charge in [-0.15, -0.1) is 0 Å². The van der Waals surface area contributed by atoms with E-state index in [0.717, 1.165) is 33.7 Å². The lowest BCUT2D eigenvalue weighted by molar-refractivity contribution is -0.122. The summed E-state index contributed by atoms with van der Waals surface area (Å²) in [5.41, 5.74) is 1.55. The molecule has 1 aliphatic rings. The Kier molecular flexibility index (Phi) is 6.04. The molecular formula is C23H17Cl2NO3S. The molecule has 0 aliphatic carbocycles. The Morgan fingerprint density at radius 3 is 2.60 bits per heavy atom. The maximum absolute atomic E-state index is 12.6. The fourth-order valence-corrected chi connectivity index (χ4v) is 4.60. The van der Waals surface area contributed by atoms with E-state index in [1.54, 1.807) is 25.1 Å². The van der Waals surface area contributed by atoms with E-state index in [9.17, 15) is 9.59 Å². The Morgan fingerprint density at radius 2 is 1.87 bits per heavy atom. The van der Waals surface area contributed by atoms with Gasteiger partial charge in [0.05, 0.1) is 4.91 Å². The number of benzene rings is 3. The monoisotopic (exact) mass is 457 g/mol. The largest absolute Gasteiger partial charge is 0.488 e. The molecule has 0 saturated carbocycles. The first kappa shape index (κ1) is 20.8. The van der Waals surface area contributed by atoms with Crippen LogP contribution in [0.4, 0.5) is 4.79 Å². The van der Waals surface area contributed by atoms with E-state index in [4.69, 9.17) is 27.9 Å².